The van der Waals surface area contributed by atoms with Crippen molar-refractivity contribution >= 4 is 17.4 Å². The highest BCUT2D eigenvalue weighted by Gasteiger charge is 2.30. The topological polar surface area (TPSA) is 76.5 Å². The van der Waals surface area contributed by atoms with Gasteiger partial charge in [0.1, 0.15) is 12.4 Å². The first-order chi connectivity index (χ1) is 12.8. The molecule has 0 aliphatic carbocycles. The number of anilines is 2. The van der Waals surface area contributed by atoms with E-state index in [2.05, 4.69) is 10.4 Å². The Kier molecular flexibility index (Phi) is 5.45. The molecule has 1 amide bonds. The van der Waals surface area contributed by atoms with Crippen molar-refractivity contribution in [1.82, 2.24) is 9.78 Å². The average molecular weight is 382 g/mol. The summed E-state index contributed by atoms with van der Waals surface area (Å²) in [5.74, 6) is -0.0104. The molecule has 1 N–H and O–H groups in total. The van der Waals surface area contributed by atoms with E-state index in [1.165, 1.54) is 6.07 Å². The van der Waals surface area contributed by atoms with E-state index in [1.54, 1.807) is 6.07 Å². The predicted molar refractivity (Wildman–Crippen MR) is 91.6 cm³/mol. The number of aromatic nitrogens is 2. The van der Waals surface area contributed by atoms with Crippen LogP contribution in [0.15, 0.2) is 41.2 Å². The fraction of sp³-hybridized carbons (Fsp3) is 0.353. The maximum Gasteiger partial charge on any atom is 0.416 e. The monoisotopic (exact) mass is 382 g/mol. The molecule has 0 radical (unpaired) electrons. The Labute approximate surface area is 152 Å². The Morgan fingerprint density at radius 1 is 1.11 bits per heavy atom. The third-order valence-corrected chi connectivity index (χ3v) is 3.98. The Morgan fingerprint density at radius 2 is 1.78 bits per heavy atom. The van der Waals surface area contributed by atoms with Crippen molar-refractivity contribution in [1.29, 1.82) is 0 Å². The van der Waals surface area contributed by atoms with Crippen LogP contribution in [0.5, 0.6) is 0 Å². The number of benzene rings is 1. The normalized spacial score (nSPS) is 14.9. The Bertz CT molecular complexity index is 859. The fourth-order valence-corrected chi connectivity index (χ4v) is 2.59. The molecule has 2 heterocycles. The van der Waals surface area contributed by atoms with Crippen molar-refractivity contribution in [3.8, 4) is 0 Å². The SMILES string of the molecule is O=C(Cn1nc(N2CCOCC2)ccc1=O)Nc1ccc(C(F)(F)F)cc1. The van der Waals surface area contributed by atoms with Gasteiger partial charge in [-0.05, 0) is 30.3 Å². The van der Waals surface area contributed by atoms with E-state index in [-0.39, 0.29) is 12.2 Å². The number of nitrogens with zero attached hydrogens (tertiary/aromatic N) is 3. The Morgan fingerprint density at radius 3 is 2.41 bits per heavy atom. The van der Waals surface area contributed by atoms with Gasteiger partial charge in [-0.1, -0.05) is 0 Å². The molecular weight excluding hydrogens is 365 g/mol. The Hall–Kier alpha value is -2.88. The lowest BCUT2D eigenvalue weighted by atomic mass is 10.2. The molecule has 0 bridgehead atoms. The number of ether oxygens (including phenoxy) is 1. The number of nitrogens with one attached hydrogen (secondary N) is 1. The van der Waals surface area contributed by atoms with Crippen LogP contribution >= 0.6 is 0 Å². The van der Waals surface area contributed by atoms with Crippen LogP contribution in [-0.4, -0.2) is 42.0 Å². The van der Waals surface area contributed by atoms with Gasteiger partial charge in [0.05, 0.1) is 18.8 Å². The van der Waals surface area contributed by atoms with Crippen molar-refractivity contribution in [3.63, 3.8) is 0 Å². The summed E-state index contributed by atoms with van der Waals surface area (Å²) in [5.41, 5.74) is -1.06. The van der Waals surface area contributed by atoms with Crippen molar-refractivity contribution in [3.05, 3.63) is 52.3 Å². The molecule has 10 heteroatoms. The van der Waals surface area contributed by atoms with E-state index in [4.69, 9.17) is 4.74 Å². The molecule has 1 aromatic carbocycles. The predicted octanol–water partition coefficient (Wildman–Crippen LogP) is 1.74. The zero-order chi connectivity index (χ0) is 19.4. The lowest BCUT2D eigenvalue weighted by Crippen LogP contribution is -2.38. The van der Waals surface area contributed by atoms with E-state index in [1.807, 2.05) is 4.90 Å². The zero-order valence-electron chi connectivity index (χ0n) is 14.2. The molecule has 144 valence electrons. The number of hydrogen-bond donors (Lipinski definition) is 1. The van der Waals surface area contributed by atoms with Crippen LogP contribution in [0.1, 0.15) is 5.56 Å². The van der Waals surface area contributed by atoms with Gasteiger partial charge in [0, 0.05) is 24.8 Å². The third-order valence-electron chi connectivity index (χ3n) is 3.98. The fourth-order valence-electron chi connectivity index (χ4n) is 2.59. The molecule has 1 fully saturated rings. The van der Waals surface area contributed by atoms with Crippen molar-refractivity contribution < 1.29 is 22.7 Å². The van der Waals surface area contributed by atoms with Gasteiger partial charge in [0.2, 0.25) is 5.91 Å². The van der Waals surface area contributed by atoms with Crippen molar-refractivity contribution in [2.45, 2.75) is 12.7 Å². The summed E-state index contributed by atoms with van der Waals surface area (Å²) in [4.78, 5) is 26.0. The molecule has 3 rings (SSSR count). The van der Waals surface area contributed by atoms with Crippen LogP contribution in [0.3, 0.4) is 0 Å². The van der Waals surface area contributed by atoms with Crippen LogP contribution in [0.25, 0.3) is 0 Å². The highest BCUT2D eigenvalue weighted by atomic mass is 19.4. The van der Waals surface area contributed by atoms with Gasteiger partial charge in [-0.2, -0.15) is 18.3 Å². The number of hydrogen-bond acceptors (Lipinski definition) is 5. The standard InChI is InChI=1S/C17H17F3N4O3/c18-17(19,20)12-1-3-13(4-2-12)21-15(25)11-24-16(26)6-5-14(22-24)23-7-9-27-10-8-23/h1-6H,7-11H2,(H,21,25). The maximum absolute atomic E-state index is 12.6. The van der Waals surface area contributed by atoms with E-state index in [0.717, 1.165) is 28.9 Å². The van der Waals surface area contributed by atoms with Gasteiger partial charge in [-0.25, -0.2) is 4.68 Å². The quantitative estimate of drug-likeness (QED) is 0.872. The number of alkyl halides is 3. The molecule has 1 saturated heterocycles. The van der Waals surface area contributed by atoms with E-state index in [0.29, 0.717) is 32.1 Å². The van der Waals surface area contributed by atoms with Gasteiger partial charge in [-0.3, -0.25) is 9.59 Å². The molecule has 0 atom stereocenters. The number of carbonyl (C=O) groups excluding carboxylic acids is 1. The second kappa shape index (κ2) is 7.78. The van der Waals surface area contributed by atoms with Crippen LogP contribution in [0.2, 0.25) is 0 Å². The molecule has 0 unspecified atom stereocenters. The molecule has 27 heavy (non-hydrogen) atoms. The largest absolute Gasteiger partial charge is 0.416 e. The number of rotatable bonds is 4. The third kappa shape index (κ3) is 4.85. The first-order valence-corrected chi connectivity index (χ1v) is 8.21. The van der Waals surface area contributed by atoms with Crippen molar-refractivity contribution in [2.24, 2.45) is 0 Å². The molecular formula is C17H17F3N4O3. The van der Waals surface area contributed by atoms with Gasteiger partial charge in [0.15, 0.2) is 0 Å². The summed E-state index contributed by atoms with van der Waals surface area (Å²) in [6.45, 7) is 2.01. The van der Waals surface area contributed by atoms with Crippen LogP contribution in [0, 0.1) is 0 Å². The van der Waals surface area contributed by atoms with E-state index < -0.39 is 23.2 Å². The summed E-state index contributed by atoms with van der Waals surface area (Å²) in [7, 11) is 0. The first-order valence-electron chi connectivity index (χ1n) is 8.21. The number of morpholine rings is 1. The number of halogens is 3. The number of carbonyl (C=O) groups is 1. The van der Waals surface area contributed by atoms with Gasteiger partial charge in [-0.15, -0.1) is 0 Å². The minimum Gasteiger partial charge on any atom is -0.378 e. The summed E-state index contributed by atoms with van der Waals surface area (Å²) in [5, 5.41) is 6.64. The highest BCUT2D eigenvalue weighted by Crippen LogP contribution is 2.29. The van der Waals surface area contributed by atoms with Crippen LogP contribution < -0.4 is 15.8 Å². The molecule has 7 nitrogen and oxygen atoms in total. The zero-order valence-corrected chi connectivity index (χ0v) is 14.2. The maximum atomic E-state index is 12.6. The second-order valence-corrected chi connectivity index (χ2v) is 5.91. The second-order valence-electron chi connectivity index (χ2n) is 5.91. The van der Waals surface area contributed by atoms with Gasteiger partial charge < -0.3 is 15.0 Å². The Balaban J connectivity index is 1.67. The number of amides is 1. The summed E-state index contributed by atoms with van der Waals surface area (Å²) in [6, 6.07) is 6.96. The van der Waals surface area contributed by atoms with Crippen LogP contribution in [0.4, 0.5) is 24.7 Å². The minimum absolute atomic E-state index is 0.199. The lowest BCUT2D eigenvalue weighted by Gasteiger charge is -2.27. The van der Waals surface area contributed by atoms with Gasteiger partial charge >= 0.3 is 6.18 Å². The average Bonchev–Trinajstić information content (AvgIpc) is 2.64. The molecule has 1 aliphatic rings. The van der Waals surface area contributed by atoms with E-state index >= 15 is 0 Å². The lowest BCUT2D eigenvalue weighted by molar-refractivity contribution is -0.137. The van der Waals surface area contributed by atoms with Gasteiger partial charge in [0.25, 0.3) is 5.56 Å². The van der Waals surface area contributed by atoms with Crippen LogP contribution in [-0.2, 0) is 22.3 Å². The smallest absolute Gasteiger partial charge is 0.378 e. The first kappa shape index (κ1) is 18.9. The highest BCUT2D eigenvalue weighted by molar-refractivity contribution is 5.90. The molecule has 1 aromatic heterocycles. The summed E-state index contributed by atoms with van der Waals surface area (Å²) >= 11 is 0. The summed E-state index contributed by atoms with van der Waals surface area (Å²) < 4.78 is 44.0. The molecule has 0 spiro atoms. The summed E-state index contributed by atoms with van der Waals surface area (Å²) in [6.07, 6.45) is -4.44. The van der Waals surface area contributed by atoms with E-state index in [9.17, 15) is 22.8 Å². The molecule has 0 saturated carbocycles. The molecule has 2 aromatic rings. The van der Waals surface area contributed by atoms with Crippen molar-refractivity contribution in [2.75, 3.05) is 36.5 Å². The molecule has 1 aliphatic heterocycles. The minimum atomic E-state index is -4.44.